The van der Waals surface area contributed by atoms with Gasteiger partial charge in [-0.05, 0) is 42.8 Å². The van der Waals surface area contributed by atoms with Gasteiger partial charge in [-0.1, -0.05) is 55.5 Å². The third-order valence-electron chi connectivity index (χ3n) is 6.14. The van der Waals surface area contributed by atoms with Crippen LogP contribution in [0.25, 0.3) is 0 Å². The number of aryl methyl sites for hydroxylation is 1. The fraction of sp³-hybridized carbons (Fsp3) is 0.500. The minimum Gasteiger partial charge on any atom is -0.379 e. The lowest BCUT2D eigenvalue weighted by Gasteiger charge is -2.28. The molecule has 1 saturated heterocycles. The number of benzene rings is 2. The standard InChI is InChI=1S/C26H39N5O.HI/c1-5-21-10-12-22(13-11-21)25(30(3)4)19-29-26(27-2)28-18-23-8-6-7-9-24(23)20-31-14-16-32-17-15-31;/h6-13,25H,5,14-20H2,1-4H3,(H2,27,28,29);1H. The molecule has 1 aliphatic rings. The van der Waals surface area contributed by atoms with Crippen molar-refractivity contribution in [2.24, 2.45) is 4.99 Å². The molecule has 1 atom stereocenters. The largest absolute Gasteiger partial charge is 0.379 e. The maximum atomic E-state index is 5.49. The molecular formula is C26H40IN5O. The van der Waals surface area contributed by atoms with Crippen LogP contribution in [0, 0.1) is 0 Å². The molecule has 1 fully saturated rings. The first kappa shape index (κ1) is 27.6. The quantitative estimate of drug-likeness (QED) is 0.276. The molecule has 0 radical (unpaired) electrons. The van der Waals surface area contributed by atoms with E-state index in [1.54, 1.807) is 0 Å². The van der Waals surface area contributed by atoms with E-state index in [1.807, 2.05) is 7.05 Å². The highest BCUT2D eigenvalue weighted by molar-refractivity contribution is 14.0. The van der Waals surface area contributed by atoms with Gasteiger partial charge in [-0.2, -0.15) is 0 Å². The third kappa shape index (κ3) is 8.55. The van der Waals surface area contributed by atoms with Crippen molar-refractivity contribution in [2.75, 3.05) is 54.0 Å². The molecule has 7 heteroatoms. The van der Waals surface area contributed by atoms with E-state index in [2.05, 4.69) is 95.0 Å². The molecular weight excluding hydrogens is 525 g/mol. The first-order chi connectivity index (χ1) is 15.6. The highest BCUT2D eigenvalue weighted by atomic mass is 127. The molecule has 182 valence electrons. The predicted octanol–water partition coefficient (Wildman–Crippen LogP) is 3.67. The van der Waals surface area contributed by atoms with Gasteiger partial charge in [0.05, 0.1) is 19.3 Å². The van der Waals surface area contributed by atoms with Gasteiger partial charge in [0.25, 0.3) is 0 Å². The number of guanidine groups is 1. The summed E-state index contributed by atoms with van der Waals surface area (Å²) < 4.78 is 5.49. The zero-order chi connectivity index (χ0) is 22.8. The molecule has 0 amide bonds. The average Bonchev–Trinajstić information content (AvgIpc) is 2.83. The first-order valence-corrected chi connectivity index (χ1v) is 11.7. The maximum Gasteiger partial charge on any atom is 0.191 e. The molecule has 3 rings (SSSR count). The second-order valence-electron chi connectivity index (χ2n) is 8.54. The van der Waals surface area contributed by atoms with Crippen molar-refractivity contribution < 1.29 is 4.74 Å². The fourth-order valence-corrected chi connectivity index (χ4v) is 4.05. The molecule has 2 N–H and O–H groups in total. The van der Waals surface area contributed by atoms with Crippen molar-refractivity contribution in [2.45, 2.75) is 32.5 Å². The molecule has 0 aliphatic carbocycles. The number of hydrogen-bond acceptors (Lipinski definition) is 4. The number of ether oxygens (including phenoxy) is 1. The Balaban J connectivity index is 0.00000385. The molecule has 6 nitrogen and oxygen atoms in total. The van der Waals surface area contributed by atoms with Gasteiger partial charge < -0.3 is 20.3 Å². The summed E-state index contributed by atoms with van der Waals surface area (Å²) in [5, 5.41) is 7.02. The zero-order valence-electron chi connectivity index (χ0n) is 20.5. The fourth-order valence-electron chi connectivity index (χ4n) is 4.05. The summed E-state index contributed by atoms with van der Waals surface area (Å²) in [5.41, 5.74) is 5.35. The summed E-state index contributed by atoms with van der Waals surface area (Å²) in [6.45, 7) is 8.33. The maximum absolute atomic E-state index is 5.49. The molecule has 0 saturated carbocycles. The number of hydrogen-bond donors (Lipinski definition) is 2. The van der Waals surface area contributed by atoms with Gasteiger partial charge in [-0.25, -0.2) is 0 Å². The van der Waals surface area contributed by atoms with E-state index in [9.17, 15) is 0 Å². The number of nitrogens with one attached hydrogen (secondary N) is 2. The number of nitrogens with zero attached hydrogens (tertiary/aromatic N) is 3. The summed E-state index contributed by atoms with van der Waals surface area (Å²) in [4.78, 5) is 9.16. The van der Waals surface area contributed by atoms with Gasteiger partial charge in [0.15, 0.2) is 5.96 Å². The van der Waals surface area contributed by atoms with Crippen molar-refractivity contribution in [3.8, 4) is 0 Å². The van der Waals surface area contributed by atoms with Crippen LogP contribution >= 0.6 is 24.0 Å². The lowest BCUT2D eigenvalue weighted by molar-refractivity contribution is 0.0341. The number of morpholine rings is 1. The monoisotopic (exact) mass is 565 g/mol. The van der Waals surface area contributed by atoms with Gasteiger partial charge in [-0.3, -0.25) is 9.89 Å². The lowest BCUT2D eigenvalue weighted by atomic mass is 10.0. The van der Waals surface area contributed by atoms with Crippen molar-refractivity contribution in [3.63, 3.8) is 0 Å². The Morgan fingerprint density at radius 3 is 2.30 bits per heavy atom. The van der Waals surface area contributed by atoms with Gasteiger partial charge in [0.1, 0.15) is 0 Å². The SMILES string of the molecule is CCc1ccc(C(CNC(=NC)NCc2ccccc2CN2CCOCC2)N(C)C)cc1.I. The molecule has 33 heavy (non-hydrogen) atoms. The van der Waals surface area contributed by atoms with Crippen molar-refractivity contribution in [1.29, 1.82) is 0 Å². The second kappa shape index (κ2) is 14.6. The average molecular weight is 566 g/mol. The van der Waals surface area contributed by atoms with Crippen LogP contribution in [-0.2, 0) is 24.2 Å². The van der Waals surface area contributed by atoms with E-state index in [0.717, 1.165) is 58.3 Å². The van der Waals surface area contributed by atoms with Gasteiger partial charge >= 0.3 is 0 Å². The van der Waals surface area contributed by atoms with Crippen molar-refractivity contribution >= 4 is 29.9 Å². The van der Waals surface area contributed by atoms with Crippen LogP contribution in [0.15, 0.2) is 53.5 Å². The molecule has 2 aromatic rings. The molecule has 0 spiro atoms. The van der Waals surface area contributed by atoms with Crippen LogP contribution in [0.4, 0.5) is 0 Å². The minimum absolute atomic E-state index is 0. The van der Waals surface area contributed by atoms with Crippen LogP contribution in [0.5, 0.6) is 0 Å². The van der Waals surface area contributed by atoms with Gasteiger partial charge in [-0.15, -0.1) is 24.0 Å². The predicted molar refractivity (Wildman–Crippen MR) is 148 cm³/mol. The van der Waals surface area contributed by atoms with E-state index in [0.29, 0.717) is 0 Å². The molecule has 0 aromatic heterocycles. The Hall–Kier alpha value is -1.68. The Morgan fingerprint density at radius 1 is 1.03 bits per heavy atom. The lowest BCUT2D eigenvalue weighted by Crippen LogP contribution is -2.41. The topological polar surface area (TPSA) is 52.1 Å². The summed E-state index contributed by atoms with van der Waals surface area (Å²) in [6.07, 6.45) is 1.06. The molecule has 1 unspecified atom stereocenters. The smallest absolute Gasteiger partial charge is 0.191 e. The van der Waals surface area contributed by atoms with E-state index in [4.69, 9.17) is 4.74 Å². The number of likely N-dealkylation sites (N-methyl/N-ethyl adjacent to an activating group) is 1. The Kier molecular flexibility index (Phi) is 12.2. The molecule has 2 aromatic carbocycles. The minimum atomic E-state index is 0. The zero-order valence-corrected chi connectivity index (χ0v) is 22.8. The third-order valence-corrected chi connectivity index (χ3v) is 6.14. The van der Waals surface area contributed by atoms with E-state index >= 15 is 0 Å². The molecule has 1 aliphatic heterocycles. The summed E-state index contributed by atoms with van der Waals surface area (Å²) in [5.74, 6) is 0.822. The van der Waals surface area contributed by atoms with Gasteiger partial charge in [0.2, 0.25) is 0 Å². The number of aliphatic imine (C=N–C) groups is 1. The van der Waals surface area contributed by atoms with Crippen molar-refractivity contribution in [3.05, 3.63) is 70.8 Å². The Bertz CT molecular complexity index is 850. The van der Waals surface area contributed by atoms with E-state index < -0.39 is 0 Å². The number of halogens is 1. The number of rotatable bonds is 9. The highest BCUT2D eigenvalue weighted by Crippen LogP contribution is 2.18. The van der Waals surface area contributed by atoms with Crippen LogP contribution in [-0.4, -0.2) is 69.8 Å². The Morgan fingerprint density at radius 2 is 1.70 bits per heavy atom. The van der Waals surface area contributed by atoms with Crippen LogP contribution in [0.2, 0.25) is 0 Å². The summed E-state index contributed by atoms with van der Waals surface area (Å²) in [7, 11) is 6.08. The second-order valence-corrected chi connectivity index (χ2v) is 8.54. The first-order valence-electron chi connectivity index (χ1n) is 11.7. The highest BCUT2D eigenvalue weighted by Gasteiger charge is 2.16. The van der Waals surface area contributed by atoms with Crippen molar-refractivity contribution in [1.82, 2.24) is 20.4 Å². The normalized spacial score (nSPS) is 15.7. The van der Waals surface area contributed by atoms with Crippen LogP contribution < -0.4 is 10.6 Å². The van der Waals surface area contributed by atoms with E-state index in [1.165, 1.54) is 22.3 Å². The van der Waals surface area contributed by atoms with Crippen LogP contribution in [0.3, 0.4) is 0 Å². The van der Waals surface area contributed by atoms with Gasteiger partial charge in [0, 0.05) is 39.8 Å². The Labute approximate surface area is 216 Å². The van der Waals surface area contributed by atoms with Crippen LogP contribution in [0.1, 0.15) is 35.2 Å². The van der Waals surface area contributed by atoms with E-state index in [-0.39, 0.29) is 30.0 Å². The summed E-state index contributed by atoms with van der Waals surface area (Å²) >= 11 is 0. The molecule has 0 bridgehead atoms. The summed E-state index contributed by atoms with van der Waals surface area (Å²) in [6, 6.07) is 17.9. The molecule has 1 heterocycles.